The number of rotatable bonds is 6. The first-order valence-corrected chi connectivity index (χ1v) is 13.5. The first kappa shape index (κ1) is 26.0. The maximum absolute atomic E-state index is 14.1. The van der Waals surface area contributed by atoms with Crippen LogP contribution in [0.4, 0.5) is 13.2 Å². The van der Waals surface area contributed by atoms with Gasteiger partial charge in [0.1, 0.15) is 11.9 Å². The van der Waals surface area contributed by atoms with Crippen LogP contribution in [0.5, 0.6) is 0 Å². The molecular weight excluding hydrogens is 501 g/mol. The van der Waals surface area contributed by atoms with E-state index in [1.54, 1.807) is 29.2 Å². The van der Waals surface area contributed by atoms with Crippen molar-refractivity contribution < 1.29 is 26.4 Å². The van der Waals surface area contributed by atoms with E-state index in [4.69, 9.17) is 11.6 Å². The summed E-state index contributed by atoms with van der Waals surface area (Å²) >= 11 is 5.98. The third kappa shape index (κ3) is 5.67. The summed E-state index contributed by atoms with van der Waals surface area (Å²) in [5, 5.41) is 0.530. The summed E-state index contributed by atoms with van der Waals surface area (Å²) in [5.41, 5.74) is 1.09. The summed E-state index contributed by atoms with van der Waals surface area (Å²) in [6, 6.07) is 9.20. The second-order valence-corrected chi connectivity index (χ2v) is 11.7. The first-order chi connectivity index (χ1) is 16.5. The molecule has 0 unspecified atom stereocenters. The van der Waals surface area contributed by atoms with Crippen molar-refractivity contribution in [2.45, 2.75) is 74.9 Å². The summed E-state index contributed by atoms with van der Waals surface area (Å²) < 4.78 is 69.7. The number of hydrogen-bond donors (Lipinski definition) is 0. The van der Waals surface area contributed by atoms with Crippen LogP contribution in [-0.4, -0.2) is 48.1 Å². The van der Waals surface area contributed by atoms with Crippen LogP contribution < -0.4 is 0 Å². The molecule has 4 rings (SSSR count). The summed E-state index contributed by atoms with van der Waals surface area (Å²) in [6.45, 7) is 1.83. The van der Waals surface area contributed by atoms with Gasteiger partial charge in [-0.15, -0.1) is 0 Å². The molecule has 1 amide bonds. The monoisotopic (exact) mass is 528 g/mol. The lowest BCUT2D eigenvalue weighted by Crippen LogP contribution is -2.52. The molecule has 2 aliphatic rings. The van der Waals surface area contributed by atoms with E-state index in [1.807, 2.05) is 0 Å². The Balaban J connectivity index is 1.62. The molecule has 2 aromatic rings. The Morgan fingerprint density at radius 2 is 1.77 bits per heavy atom. The molecule has 1 saturated heterocycles. The Morgan fingerprint density at radius 1 is 1.11 bits per heavy atom. The van der Waals surface area contributed by atoms with E-state index < -0.39 is 39.8 Å². The van der Waals surface area contributed by atoms with Gasteiger partial charge in [-0.05, 0) is 68.0 Å². The van der Waals surface area contributed by atoms with Gasteiger partial charge in [-0.25, -0.2) is 21.6 Å². The number of halogens is 4. The van der Waals surface area contributed by atoms with Crippen LogP contribution in [0.3, 0.4) is 0 Å². The van der Waals surface area contributed by atoms with Crippen LogP contribution in [0.1, 0.15) is 49.7 Å². The zero-order valence-electron chi connectivity index (χ0n) is 19.4. The van der Waals surface area contributed by atoms with Gasteiger partial charge in [0.05, 0.1) is 4.90 Å². The Hall–Kier alpha value is -2.10. The van der Waals surface area contributed by atoms with E-state index in [2.05, 4.69) is 0 Å². The minimum Gasteiger partial charge on any atom is -0.334 e. The molecule has 10 heteroatoms. The van der Waals surface area contributed by atoms with Gasteiger partial charge in [-0.3, -0.25) is 4.79 Å². The van der Waals surface area contributed by atoms with Crippen LogP contribution in [0, 0.1) is 12.7 Å². The Labute approximate surface area is 208 Å². The maximum Gasteiger partial charge on any atom is 0.248 e. The van der Waals surface area contributed by atoms with Crippen LogP contribution in [-0.2, 0) is 21.4 Å². The quantitative estimate of drug-likeness (QED) is 0.494. The topological polar surface area (TPSA) is 57.7 Å². The van der Waals surface area contributed by atoms with Gasteiger partial charge in [0.2, 0.25) is 21.9 Å². The minimum atomic E-state index is -4.13. The smallest absolute Gasteiger partial charge is 0.248 e. The molecule has 0 bridgehead atoms. The SMILES string of the molecule is Cc1ccc(S(=O)(=O)N2CCC[C@H]2C(=O)N(Cc2ccc(Cl)cc2)C2CCC(F)(F)CC2)cc1F. The fourth-order valence-electron chi connectivity index (χ4n) is 4.85. The van der Waals surface area contributed by atoms with Crippen molar-refractivity contribution in [1.82, 2.24) is 9.21 Å². The third-order valence-corrected chi connectivity index (χ3v) is 9.07. The molecule has 190 valence electrons. The number of nitrogens with zero attached hydrogens (tertiary/aromatic N) is 2. The predicted molar refractivity (Wildman–Crippen MR) is 127 cm³/mol. The number of benzene rings is 2. The average Bonchev–Trinajstić information content (AvgIpc) is 3.31. The largest absolute Gasteiger partial charge is 0.334 e. The van der Waals surface area contributed by atoms with Gasteiger partial charge in [-0.1, -0.05) is 29.8 Å². The molecule has 2 aromatic carbocycles. The fourth-order valence-corrected chi connectivity index (χ4v) is 6.63. The van der Waals surface area contributed by atoms with Crippen molar-refractivity contribution in [3.05, 3.63) is 64.4 Å². The lowest BCUT2D eigenvalue weighted by atomic mass is 9.90. The zero-order valence-corrected chi connectivity index (χ0v) is 21.0. The molecule has 1 aliphatic carbocycles. The normalized spacial score (nSPS) is 21.2. The van der Waals surface area contributed by atoms with Crippen LogP contribution in [0.15, 0.2) is 47.4 Å². The highest BCUT2D eigenvalue weighted by Gasteiger charge is 2.44. The Morgan fingerprint density at radius 3 is 2.40 bits per heavy atom. The molecule has 5 nitrogen and oxygen atoms in total. The van der Waals surface area contributed by atoms with Gasteiger partial charge in [0.15, 0.2) is 0 Å². The molecule has 1 atom stereocenters. The van der Waals surface area contributed by atoms with E-state index in [9.17, 15) is 26.4 Å². The highest BCUT2D eigenvalue weighted by Crippen LogP contribution is 2.37. The summed E-state index contributed by atoms with van der Waals surface area (Å²) in [4.78, 5) is 15.2. The zero-order chi connectivity index (χ0) is 25.4. The number of sulfonamides is 1. The van der Waals surface area contributed by atoms with Gasteiger partial charge < -0.3 is 4.90 Å². The third-order valence-electron chi connectivity index (χ3n) is 6.92. The van der Waals surface area contributed by atoms with Crippen LogP contribution in [0.2, 0.25) is 5.02 Å². The van der Waals surface area contributed by atoms with Crippen molar-refractivity contribution in [2.24, 2.45) is 0 Å². The molecule has 1 heterocycles. The lowest BCUT2D eigenvalue weighted by molar-refractivity contribution is -0.141. The summed E-state index contributed by atoms with van der Waals surface area (Å²) in [7, 11) is -4.13. The first-order valence-electron chi connectivity index (χ1n) is 11.7. The fraction of sp³-hybridized carbons (Fsp3) is 0.480. The van der Waals surface area contributed by atoms with Gasteiger partial charge >= 0.3 is 0 Å². The van der Waals surface area contributed by atoms with Gasteiger partial charge in [0.25, 0.3) is 0 Å². The van der Waals surface area contributed by atoms with Crippen molar-refractivity contribution in [3.63, 3.8) is 0 Å². The Kier molecular flexibility index (Phi) is 7.50. The maximum atomic E-state index is 14.1. The average molecular weight is 529 g/mol. The van der Waals surface area contributed by atoms with E-state index in [-0.39, 0.29) is 43.7 Å². The summed E-state index contributed by atoms with van der Waals surface area (Å²) in [6.07, 6.45) is 0.409. The predicted octanol–water partition coefficient (Wildman–Crippen LogP) is 5.55. The second-order valence-electron chi connectivity index (χ2n) is 9.36. The Bertz CT molecular complexity index is 1180. The number of aryl methyl sites for hydroxylation is 1. The van der Waals surface area contributed by atoms with E-state index in [0.717, 1.165) is 15.9 Å². The molecule has 1 saturated carbocycles. The number of amides is 1. The van der Waals surface area contributed by atoms with Gasteiger partial charge in [0, 0.05) is 37.0 Å². The molecule has 1 aliphatic heterocycles. The standard InChI is InChI=1S/C25H28ClF3N2O3S/c1-17-4-9-21(15-22(17)27)35(33,34)31-14-2-3-23(31)24(32)30(16-18-5-7-19(26)8-6-18)20-10-12-25(28,29)13-11-20/h4-9,15,20,23H,2-3,10-14,16H2,1H3/t23-/m0/s1. The van der Waals surface area contributed by atoms with Crippen LogP contribution in [0.25, 0.3) is 0 Å². The number of hydrogen-bond acceptors (Lipinski definition) is 3. The molecule has 0 radical (unpaired) electrons. The van der Waals surface area contributed by atoms with Gasteiger partial charge in [-0.2, -0.15) is 4.31 Å². The number of alkyl halides is 2. The molecule has 2 fully saturated rings. The second kappa shape index (κ2) is 10.1. The van der Waals surface area contributed by atoms with E-state index in [1.165, 1.54) is 19.1 Å². The molecular formula is C25H28ClF3N2O3S. The lowest BCUT2D eigenvalue weighted by Gasteiger charge is -2.39. The highest BCUT2D eigenvalue weighted by atomic mass is 35.5. The molecule has 0 spiro atoms. The van der Waals surface area contributed by atoms with E-state index in [0.29, 0.717) is 23.4 Å². The molecule has 0 N–H and O–H groups in total. The van der Waals surface area contributed by atoms with Crippen molar-refractivity contribution in [3.8, 4) is 0 Å². The van der Waals surface area contributed by atoms with Crippen LogP contribution >= 0.6 is 11.6 Å². The van der Waals surface area contributed by atoms with E-state index >= 15 is 0 Å². The van der Waals surface area contributed by atoms with Crippen molar-refractivity contribution in [2.75, 3.05) is 6.54 Å². The minimum absolute atomic E-state index is 0.131. The molecule has 0 aromatic heterocycles. The number of carbonyl (C=O) groups is 1. The number of carbonyl (C=O) groups excluding carboxylic acids is 1. The van der Waals surface area contributed by atoms with Crippen molar-refractivity contribution >= 4 is 27.5 Å². The molecule has 35 heavy (non-hydrogen) atoms. The van der Waals surface area contributed by atoms with Crippen molar-refractivity contribution in [1.29, 1.82) is 0 Å². The summed E-state index contributed by atoms with van der Waals surface area (Å²) in [5.74, 6) is -3.81. The highest BCUT2D eigenvalue weighted by molar-refractivity contribution is 7.89.